The SMILES string of the molecule is CNC(=N)c1cccc(C(=O)N[C@H]2CC[C@H](C(=O)N(C)C)C[C@H]2NC(=O)c2nc3c(s2)CN(C)CC3)c1. The fourth-order valence-corrected chi connectivity index (χ4v) is 6.05. The molecule has 4 rings (SSSR count). The van der Waals surface area contributed by atoms with Crippen LogP contribution in [-0.2, 0) is 17.8 Å². The molecule has 2 aromatic rings. The largest absolute Gasteiger partial charge is 0.373 e. The van der Waals surface area contributed by atoms with Crippen LogP contribution in [0.15, 0.2) is 24.3 Å². The zero-order valence-corrected chi connectivity index (χ0v) is 22.6. The molecule has 2 aliphatic rings. The van der Waals surface area contributed by atoms with Gasteiger partial charge in [0.05, 0.1) is 11.7 Å². The van der Waals surface area contributed by atoms with E-state index in [0.717, 1.165) is 30.1 Å². The molecule has 1 aromatic heterocycles. The van der Waals surface area contributed by atoms with Crippen LogP contribution in [-0.4, -0.2) is 85.2 Å². The summed E-state index contributed by atoms with van der Waals surface area (Å²) in [4.78, 5) is 48.6. The third kappa shape index (κ3) is 6.16. The zero-order chi connectivity index (χ0) is 26.7. The molecule has 37 heavy (non-hydrogen) atoms. The molecule has 1 saturated carbocycles. The van der Waals surface area contributed by atoms with Crippen molar-refractivity contribution in [2.75, 3.05) is 34.7 Å². The number of amidine groups is 1. The minimum atomic E-state index is -0.415. The molecule has 0 bridgehead atoms. The Kier molecular flexibility index (Phi) is 8.23. The third-order valence-electron chi connectivity index (χ3n) is 7.05. The van der Waals surface area contributed by atoms with Gasteiger partial charge < -0.3 is 25.8 Å². The Hall–Kier alpha value is -3.31. The number of amides is 3. The molecule has 0 saturated heterocycles. The summed E-state index contributed by atoms with van der Waals surface area (Å²) in [6.45, 7) is 1.70. The Labute approximate surface area is 221 Å². The average molecular weight is 526 g/mol. The highest BCUT2D eigenvalue weighted by atomic mass is 32.1. The molecule has 2 heterocycles. The van der Waals surface area contributed by atoms with Gasteiger partial charge in [0.1, 0.15) is 5.84 Å². The molecule has 1 fully saturated rings. The van der Waals surface area contributed by atoms with Gasteiger partial charge in [-0.25, -0.2) is 4.98 Å². The van der Waals surface area contributed by atoms with E-state index in [2.05, 4.69) is 32.9 Å². The Morgan fingerprint density at radius 1 is 1.11 bits per heavy atom. The Bertz CT molecular complexity index is 1190. The number of likely N-dealkylation sites (N-methyl/N-ethyl adjacent to an activating group) is 1. The molecule has 3 amide bonds. The second kappa shape index (κ2) is 11.4. The maximum Gasteiger partial charge on any atom is 0.280 e. The number of nitrogens with zero attached hydrogens (tertiary/aromatic N) is 3. The number of thiazole rings is 1. The fraction of sp³-hybridized carbons (Fsp3) is 0.500. The Morgan fingerprint density at radius 3 is 2.57 bits per heavy atom. The van der Waals surface area contributed by atoms with Crippen LogP contribution in [0, 0.1) is 11.3 Å². The first-order valence-electron chi connectivity index (χ1n) is 12.5. The van der Waals surface area contributed by atoms with Crippen molar-refractivity contribution in [3.63, 3.8) is 0 Å². The predicted molar refractivity (Wildman–Crippen MR) is 143 cm³/mol. The predicted octanol–water partition coefficient (Wildman–Crippen LogP) is 1.46. The number of benzene rings is 1. The van der Waals surface area contributed by atoms with E-state index in [1.165, 1.54) is 11.3 Å². The molecule has 4 N–H and O–H groups in total. The second-order valence-corrected chi connectivity index (χ2v) is 11.1. The van der Waals surface area contributed by atoms with Gasteiger partial charge in [-0.15, -0.1) is 11.3 Å². The van der Waals surface area contributed by atoms with Gasteiger partial charge in [-0.3, -0.25) is 19.8 Å². The summed E-state index contributed by atoms with van der Waals surface area (Å²) in [5, 5.41) is 17.3. The zero-order valence-electron chi connectivity index (χ0n) is 21.8. The highest BCUT2D eigenvalue weighted by Crippen LogP contribution is 2.28. The van der Waals surface area contributed by atoms with Crippen molar-refractivity contribution in [2.45, 2.75) is 44.3 Å². The smallest absolute Gasteiger partial charge is 0.280 e. The van der Waals surface area contributed by atoms with Gasteiger partial charge in [-0.2, -0.15) is 0 Å². The maximum absolute atomic E-state index is 13.3. The van der Waals surface area contributed by atoms with E-state index in [9.17, 15) is 14.4 Å². The number of rotatable bonds is 6. The molecule has 1 aliphatic heterocycles. The van der Waals surface area contributed by atoms with Gasteiger partial charge in [-0.1, -0.05) is 12.1 Å². The van der Waals surface area contributed by atoms with E-state index in [4.69, 9.17) is 5.41 Å². The van der Waals surface area contributed by atoms with Gasteiger partial charge in [0.25, 0.3) is 11.8 Å². The Morgan fingerprint density at radius 2 is 1.84 bits per heavy atom. The number of hydrogen-bond acceptors (Lipinski definition) is 7. The van der Waals surface area contributed by atoms with Crippen LogP contribution in [0.5, 0.6) is 0 Å². The summed E-state index contributed by atoms with van der Waals surface area (Å²) in [6, 6.07) is 6.12. The van der Waals surface area contributed by atoms with Gasteiger partial charge in [0.15, 0.2) is 5.01 Å². The molecule has 0 radical (unpaired) electrons. The second-order valence-electron chi connectivity index (χ2n) is 9.99. The van der Waals surface area contributed by atoms with Gasteiger partial charge in [0.2, 0.25) is 5.91 Å². The number of aromatic nitrogens is 1. The lowest BCUT2D eigenvalue weighted by Crippen LogP contribution is -2.55. The van der Waals surface area contributed by atoms with Crippen LogP contribution in [0.1, 0.15) is 55.6 Å². The summed E-state index contributed by atoms with van der Waals surface area (Å²) in [5.41, 5.74) is 2.03. The fourth-order valence-electron chi connectivity index (χ4n) is 4.95. The molecule has 3 atom stereocenters. The molecular weight excluding hydrogens is 490 g/mol. The number of carbonyl (C=O) groups excluding carboxylic acids is 3. The average Bonchev–Trinajstić information content (AvgIpc) is 3.32. The van der Waals surface area contributed by atoms with Crippen molar-refractivity contribution in [3.05, 3.63) is 51.0 Å². The minimum absolute atomic E-state index is 0.0232. The quantitative estimate of drug-likeness (QED) is 0.334. The standard InChI is InChI=1S/C26H35N7O3S/c1-28-22(27)15-6-5-7-16(12-15)23(34)29-18-9-8-17(26(36)32(2)3)13-20(18)30-24(35)25-31-19-10-11-33(4)14-21(19)37-25/h5-7,12,17-18,20H,8-11,13-14H2,1-4H3,(H2,27,28)(H,29,34)(H,30,35)/t17-,18-,20+/m0/s1. The summed E-state index contributed by atoms with van der Waals surface area (Å²) < 4.78 is 0. The van der Waals surface area contributed by atoms with Crippen LogP contribution in [0.4, 0.5) is 0 Å². The maximum atomic E-state index is 13.3. The van der Waals surface area contributed by atoms with E-state index >= 15 is 0 Å². The van der Waals surface area contributed by atoms with Crippen LogP contribution < -0.4 is 16.0 Å². The molecule has 1 aliphatic carbocycles. The van der Waals surface area contributed by atoms with Crippen molar-refractivity contribution in [1.82, 2.24) is 30.7 Å². The van der Waals surface area contributed by atoms with Crippen molar-refractivity contribution in [3.8, 4) is 0 Å². The summed E-state index contributed by atoms with van der Waals surface area (Å²) >= 11 is 1.41. The normalized spacial score (nSPS) is 21.5. The van der Waals surface area contributed by atoms with Crippen LogP contribution in [0.2, 0.25) is 0 Å². The molecule has 1 aromatic carbocycles. The van der Waals surface area contributed by atoms with Crippen molar-refractivity contribution in [2.24, 2.45) is 5.92 Å². The van der Waals surface area contributed by atoms with Gasteiger partial charge in [-0.05, 0) is 38.4 Å². The Balaban J connectivity index is 1.51. The first kappa shape index (κ1) is 26.7. The molecule has 198 valence electrons. The first-order chi connectivity index (χ1) is 17.7. The van der Waals surface area contributed by atoms with E-state index in [0.29, 0.717) is 35.4 Å². The van der Waals surface area contributed by atoms with Crippen molar-refractivity contribution in [1.29, 1.82) is 5.41 Å². The highest BCUT2D eigenvalue weighted by Gasteiger charge is 2.37. The number of carbonyl (C=O) groups is 3. The van der Waals surface area contributed by atoms with Crippen LogP contribution >= 0.6 is 11.3 Å². The van der Waals surface area contributed by atoms with Gasteiger partial charge in [0, 0.05) is 68.6 Å². The van der Waals surface area contributed by atoms with Crippen molar-refractivity contribution < 1.29 is 14.4 Å². The van der Waals surface area contributed by atoms with E-state index < -0.39 is 6.04 Å². The van der Waals surface area contributed by atoms with Crippen LogP contribution in [0.25, 0.3) is 0 Å². The molecule has 0 spiro atoms. The molecule has 0 unspecified atom stereocenters. The van der Waals surface area contributed by atoms with E-state index in [-0.39, 0.29) is 35.5 Å². The van der Waals surface area contributed by atoms with E-state index in [1.807, 2.05) is 0 Å². The molecule has 10 nitrogen and oxygen atoms in total. The highest BCUT2D eigenvalue weighted by molar-refractivity contribution is 7.13. The summed E-state index contributed by atoms with van der Waals surface area (Å²) in [7, 11) is 7.18. The number of nitrogens with one attached hydrogen (secondary N) is 4. The van der Waals surface area contributed by atoms with E-state index in [1.54, 1.807) is 50.3 Å². The lowest BCUT2D eigenvalue weighted by Gasteiger charge is -2.37. The molecule has 11 heteroatoms. The lowest BCUT2D eigenvalue weighted by molar-refractivity contribution is -0.134. The minimum Gasteiger partial charge on any atom is -0.373 e. The van der Waals surface area contributed by atoms with Crippen molar-refractivity contribution >= 4 is 34.9 Å². The monoisotopic (exact) mass is 525 g/mol. The number of hydrogen-bond donors (Lipinski definition) is 4. The topological polar surface area (TPSA) is 131 Å². The summed E-state index contributed by atoms with van der Waals surface area (Å²) in [6.07, 6.45) is 2.44. The summed E-state index contributed by atoms with van der Waals surface area (Å²) in [5.74, 6) is -0.533. The third-order valence-corrected chi connectivity index (χ3v) is 8.13. The van der Waals surface area contributed by atoms with Gasteiger partial charge >= 0.3 is 0 Å². The van der Waals surface area contributed by atoms with Crippen LogP contribution in [0.3, 0.4) is 0 Å². The number of fused-ring (bicyclic) bond motifs is 1. The molecular formula is C26H35N7O3S. The first-order valence-corrected chi connectivity index (χ1v) is 13.3. The lowest BCUT2D eigenvalue weighted by atomic mass is 9.81.